The van der Waals surface area contributed by atoms with Crippen molar-refractivity contribution in [3.05, 3.63) is 180 Å². The molecule has 8 aromatic rings. The Hall–Kier alpha value is -6.33. The highest BCUT2D eigenvalue weighted by Crippen LogP contribution is 2.46. The van der Waals surface area contributed by atoms with Crippen LogP contribution in [0.15, 0.2) is 158 Å². The van der Waals surface area contributed by atoms with Crippen molar-refractivity contribution in [2.75, 3.05) is 21.4 Å². The number of nitrogens with zero attached hydrogens (tertiary/aromatic N) is 5. The monoisotopic (exact) mass is 787 g/mol. The van der Waals surface area contributed by atoms with Gasteiger partial charge in [0.1, 0.15) is 5.82 Å². The third-order valence-corrected chi connectivity index (χ3v) is 12.1. The van der Waals surface area contributed by atoms with Crippen molar-refractivity contribution in [3.8, 4) is 5.82 Å². The number of fused-ring (bicyclic) bond motifs is 4. The lowest BCUT2D eigenvalue weighted by molar-refractivity contribution is 0.588. The number of benzene rings is 6. The van der Waals surface area contributed by atoms with E-state index < -0.39 is 0 Å². The van der Waals surface area contributed by atoms with Gasteiger partial charge in [0, 0.05) is 46.3 Å². The van der Waals surface area contributed by atoms with Gasteiger partial charge in [-0.1, -0.05) is 135 Å². The first-order valence-electron chi connectivity index (χ1n) is 21.4. The molecular formula is C55H57N5. The fourth-order valence-corrected chi connectivity index (χ4v) is 8.65. The van der Waals surface area contributed by atoms with Crippen LogP contribution < -0.4 is 14.7 Å². The van der Waals surface area contributed by atoms with Gasteiger partial charge in [0.25, 0.3) is 0 Å². The lowest BCUT2D eigenvalue weighted by Crippen LogP contribution is -2.28. The summed E-state index contributed by atoms with van der Waals surface area (Å²) in [6.45, 7) is 22.2. The van der Waals surface area contributed by atoms with Crippen LogP contribution in [0.3, 0.4) is 0 Å². The molecule has 0 radical (unpaired) electrons. The molecule has 0 fully saturated rings. The molecule has 1 aliphatic rings. The van der Waals surface area contributed by atoms with E-state index in [1.165, 1.54) is 50.1 Å². The average molecular weight is 788 g/mol. The van der Waals surface area contributed by atoms with E-state index >= 15 is 0 Å². The van der Waals surface area contributed by atoms with Gasteiger partial charge in [-0.15, -0.1) is 0 Å². The summed E-state index contributed by atoms with van der Waals surface area (Å²) < 4.78 is 2.37. The van der Waals surface area contributed by atoms with Crippen molar-refractivity contribution >= 4 is 55.9 Å². The zero-order valence-corrected chi connectivity index (χ0v) is 36.7. The molecule has 1 aliphatic heterocycles. The molecule has 0 bridgehead atoms. The molecular weight excluding hydrogens is 731 g/mol. The quantitative estimate of drug-likeness (QED) is 0.161. The molecule has 0 aliphatic carbocycles. The number of para-hydroxylation sites is 3. The van der Waals surface area contributed by atoms with Gasteiger partial charge in [-0.2, -0.15) is 0 Å². The molecule has 0 N–H and O–H groups in total. The third-order valence-electron chi connectivity index (χ3n) is 12.1. The molecule has 0 saturated carbocycles. The first-order chi connectivity index (χ1) is 28.6. The number of pyridine rings is 1. The zero-order chi connectivity index (χ0) is 42.0. The number of aromatic nitrogens is 2. The van der Waals surface area contributed by atoms with E-state index in [1.807, 2.05) is 6.20 Å². The molecule has 6 aromatic carbocycles. The lowest BCUT2D eigenvalue weighted by atomic mass is 9.86. The summed E-state index contributed by atoms with van der Waals surface area (Å²) >= 11 is 0. The Morgan fingerprint density at radius 3 is 1.85 bits per heavy atom. The Balaban J connectivity index is 1.25. The lowest BCUT2D eigenvalue weighted by Gasteiger charge is -2.31. The second-order valence-electron chi connectivity index (χ2n) is 19.6. The van der Waals surface area contributed by atoms with E-state index in [4.69, 9.17) is 4.98 Å². The van der Waals surface area contributed by atoms with Gasteiger partial charge in [-0.05, 0) is 117 Å². The predicted octanol–water partition coefficient (Wildman–Crippen LogP) is 14.7. The highest BCUT2D eigenvalue weighted by atomic mass is 15.4. The molecule has 3 heterocycles. The average Bonchev–Trinajstić information content (AvgIpc) is 3.76. The molecule has 2 aromatic heterocycles. The summed E-state index contributed by atoms with van der Waals surface area (Å²) in [4.78, 5) is 12.5. The molecule has 60 heavy (non-hydrogen) atoms. The third kappa shape index (κ3) is 7.31. The van der Waals surface area contributed by atoms with Crippen molar-refractivity contribution in [2.24, 2.45) is 0 Å². The molecule has 0 spiro atoms. The van der Waals surface area contributed by atoms with E-state index in [2.05, 4.69) is 233 Å². The van der Waals surface area contributed by atoms with Gasteiger partial charge in [-0.25, -0.2) is 4.98 Å². The topological polar surface area (TPSA) is 27.5 Å². The van der Waals surface area contributed by atoms with Crippen LogP contribution in [0.25, 0.3) is 27.6 Å². The highest BCUT2D eigenvalue weighted by Gasteiger charge is 2.30. The summed E-state index contributed by atoms with van der Waals surface area (Å²) in [7, 11) is 0. The number of anilines is 6. The van der Waals surface area contributed by atoms with E-state index in [0.717, 1.165) is 47.1 Å². The minimum atomic E-state index is -0.0963. The second-order valence-corrected chi connectivity index (χ2v) is 19.6. The van der Waals surface area contributed by atoms with E-state index in [1.54, 1.807) is 0 Å². The van der Waals surface area contributed by atoms with Crippen LogP contribution >= 0.6 is 0 Å². The van der Waals surface area contributed by atoms with Gasteiger partial charge >= 0.3 is 0 Å². The molecule has 9 rings (SSSR count). The first-order valence-corrected chi connectivity index (χ1v) is 21.4. The van der Waals surface area contributed by atoms with E-state index in [9.17, 15) is 0 Å². The van der Waals surface area contributed by atoms with Crippen LogP contribution in [-0.4, -0.2) is 16.2 Å². The van der Waals surface area contributed by atoms with E-state index in [0.29, 0.717) is 0 Å². The molecule has 0 unspecified atom stereocenters. The summed E-state index contributed by atoms with van der Waals surface area (Å²) in [5.74, 6) is 0.930. The molecule has 5 nitrogen and oxygen atoms in total. The smallest absolute Gasteiger partial charge is 0.137 e. The van der Waals surface area contributed by atoms with Gasteiger partial charge in [0.05, 0.1) is 29.1 Å². The number of hydrogen-bond acceptors (Lipinski definition) is 4. The SMILES string of the molecule is CC(C)(C)c1cc(N2CN(Cc3ccccc3)c3ccccc32)cc(N(c2ccccc2)c2ccc3c4cc(C(C)(C)C)ccc4n(-c4cc(C(C)(C)C)ccn4)c3c2)c1. The van der Waals surface area contributed by atoms with Crippen LogP contribution in [-0.2, 0) is 22.8 Å². The summed E-state index contributed by atoms with van der Waals surface area (Å²) in [6.07, 6.45) is 1.97. The van der Waals surface area contributed by atoms with Gasteiger partial charge in [0.2, 0.25) is 0 Å². The van der Waals surface area contributed by atoms with Crippen molar-refractivity contribution in [3.63, 3.8) is 0 Å². The fourth-order valence-electron chi connectivity index (χ4n) is 8.65. The molecule has 0 atom stereocenters. The Bertz CT molecular complexity index is 2830. The standard InChI is InChI=1S/C55H57N5/c1-53(2,3)39-24-27-48-47(32-39)46-26-25-43(35-51(46)60(48)52-33-40(28-29-56-52)54(4,5)6)59(42-20-14-11-15-21-42)45-31-41(55(7,8)9)30-44(34-45)58-37-57(36-38-18-12-10-13-19-38)49-22-16-17-23-50(49)58/h10-35H,36-37H2,1-9H3. The minimum Gasteiger partial charge on any atom is -0.347 e. The Morgan fingerprint density at radius 2 is 1.15 bits per heavy atom. The number of rotatable bonds is 7. The molecule has 0 saturated heterocycles. The van der Waals surface area contributed by atoms with Crippen LogP contribution in [0.5, 0.6) is 0 Å². The summed E-state index contributed by atoms with van der Waals surface area (Å²) in [5, 5.41) is 2.45. The summed E-state index contributed by atoms with van der Waals surface area (Å²) in [6, 6.07) is 56.0. The van der Waals surface area contributed by atoms with Gasteiger partial charge in [-0.3, -0.25) is 4.57 Å². The van der Waals surface area contributed by atoms with Crippen molar-refractivity contribution in [1.82, 2.24) is 9.55 Å². The second kappa shape index (κ2) is 14.7. The van der Waals surface area contributed by atoms with Crippen LogP contribution in [0.2, 0.25) is 0 Å². The van der Waals surface area contributed by atoms with Crippen LogP contribution in [0, 0.1) is 0 Å². The molecule has 302 valence electrons. The number of hydrogen-bond donors (Lipinski definition) is 0. The maximum atomic E-state index is 5.04. The zero-order valence-electron chi connectivity index (χ0n) is 36.7. The van der Waals surface area contributed by atoms with Gasteiger partial charge in [0.15, 0.2) is 0 Å². The first kappa shape index (κ1) is 39.1. The predicted molar refractivity (Wildman–Crippen MR) is 255 cm³/mol. The largest absolute Gasteiger partial charge is 0.347 e. The highest BCUT2D eigenvalue weighted by molar-refractivity contribution is 6.10. The van der Waals surface area contributed by atoms with Crippen molar-refractivity contribution in [1.29, 1.82) is 0 Å². The molecule has 0 amide bonds. The Kier molecular flexibility index (Phi) is 9.62. The normalized spacial score (nSPS) is 13.3. The minimum absolute atomic E-state index is 0.0152. The van der Waals surface area contributed by atoms with Crippen LogP contribution in [0.4, 0.5) is 34.1 Å². The Labute approximate surface area is 356 Å². The van der Waals surface area contributed by atoms with Crippen molar-refractivity contribution < 1.29 is 0 Å². The Morgan fingerprint density at radius 1 is 0.500 bits per heavy atom. The van der Waals surface area contributed by atoms with E-state index in [-0.39, 0.29) is 16.2 Å². The maximum absolute atomic E-state index is 5.04. The van der Waals surface area contributed by atoms with Gasteiger partial charge < -0.3 is 14.7 Å². The molecule has 5 heteroatoms. The van der Waals surface area contributed by atoms with Crippen LogP contribution in [0.1, 0.15) is 84.6 Å². The fraction of sp³-hybridized carbons (Fsp3) is 0.255. The van der Waals surface area contributed by atoms with Crippen molar-refractivity contribution in [2.45, 2.75) is 85.1 Å². The maximum Gasteiger partial charge on any atom is 0.137 e. The summed E-state index contributed by atoms with van der Waals surface area (Å²) in [5.41, 5.74) is 14.3.